The van der Waals surface area contributed by atoms with Gasteiger partial charge in [0.05, 0.1) is 16.9 Å². The van der Waals surface area contributed by atoms with Gasteiger partial charge < -0.3 is 15.1 Å². The smallest absolute Gasteiger partial charge is 0.269 e. The molecule has 2 aliphatic rings. The van der Waals surface area contributed by atoms with E-state index < -0.39 is 0 Å². The number of carbonyl (C=O) groups is 1. The first-order valence-corrected chi connectivity index (χ1v) is 10.8. The Bertz CT molecular complexity index is 952. The molecule has 4 rings (SSSR count). The molecule has 1 aromatic carbocycles. The average molecular weight is 425 g/mol. The summed E-state index contributed by atoms with van der Waals surface area (Å²) in [6.45, 7) is 6.93. The van der Waals surface area contributed by atoms with E-state index in [0.29, 0.717) is 37.9 Å². The Kier molecular flexibility index (Phi) is 6.01. The highest BCUT2D eigenvalue weighted by molar-refractivity contribution is 5.82. The lowest BCUT2D eigenvalue weighted by Crippen LogP contribution is -2.61. The van der Waals surface area contributed by atoms with Gasteiger partial charge in [0.15, 0.2) is 0 Å². The Morgan fingerprint density at radius 1 is 1.29 bits per heavy atom. The number of non-ortho nitro benzene ring substituents is 1. The van der Waals surface area contributed by atoms with E-state index in [9.17, 15) is 14.9 Å². The third-order valence-corrected chi connectivity index (χ3v) is 6.10. The molecule has 164 valence electrons. The summed E-state index contributed by atoms with van der Waals surface area (Å²) in [4.78, 5) is 37.2. The molecule has 2 aliphatic heterocycles. The number of anilines is 2. The predicted molar refractivity (Wildman–Crippen MR) is 118 cm³/mol. The molecule has 0 spiro atoms. The molecule has 1 saturated heterocycles. The number of nitro groups is 1. The zero-order chi connectivity index (χ0) is 22.0. The first-order valence-electron chi connectivity index (χ1n) is 10.8. The number of fused-ring (bicyclic) bond motifs is 3. The van der Waals surface area contributed by atoms with Crippen molar-refractivity contribution in [1.82, 2.24) is 15.3 Å². The SMILES string of the molecule is CC(C)CCNC(=O)C1Cc2cc([N+](=O)[O-])ccc2N2CCN(c3ncccn3)CC12. The minimum atomic E-state index is -0.380. The number of nitro benzene ring substituents is 1. The average Bonchev–Trinajstić information content (AvgIpc) is 2.78. The maximum atomic E-state index is 13.2. The van der Waals surface area contributed by atoms with Crippen molar-refractivity contribution in [3.05, 3.63) is 52.3 Å². The summed E-state index contributed by atoms with van der Waals surface area (Å²) >= 11 is 0. The number of nitrogens with zero attached hydrogens (tertiary/aromatic N) is 5. The first kappa shape index (κ1) is 21.0. The second-order valence-corrected chi connectivity index (χ2v) is 8.61. The molecule has 0 radical (unpaired) electrons. The maximum Gasteiger partial charge on any atom is 0.269 e. The van der Waals surface area contributed by atoms with Gasteiger partial charge in [0.1, 0.15) is 0 Å². The topological polar surface area (TPSA) is 104 Å². The van der Waals surface area contributed by atoms with Crippen molar-refractivity contribution in [3.8, 4) is 0 Å². The molecule has 0 bridgehead atoms. The molecule has 1 N–H and O–H groups in total. The lowest BCUT2D eigenvalue weighted by Gasteiger charge is -2.49. The van der Waals surface area contributed by atoms with E-state index >= 15 is 0 Å². The maximum absolute atomic E-state index is 13.2. The second-order valence-electron chi connectivity index (χ2n) is 8.61. The van der Waals surface area contributed by atoms with Gasteiger partial charge in [0, 0.05) is 56.4 Å². The lowest BCUT2D eigenvalue weighted by atomic mass is 9.83. The molecule has 0 aliphatic carbocycles. The Hall–Kier alpha value is -3.23. The van der Waals surface area contributed by atoms with Crippen LogP contribution in [0.4, 0.5) is 17.3 Å². The highest BCUT2D eigenvalue weighted by Crippen LogP contribution is 2.38. The van der Waals surface area contributed by atoms with Gasteiger partial charge in [-0.2, -0.15) is 0 Å². The van der Waals surface area contributed by atoms with Gasteiger partial charge >= 0.3 is 0 Å². The fourth-order valence-electron chi connectivity index (χ4n) is 4.47. The summed E-state index contributed by atoms with van der Waals surface area (Å²) in [6.07, 6.45) is 4.84. The highest BCUT2D eigenvalue weighted by Gasteiger charge is 2.42. The van der Waals surface area contributed by atoms with Crippen LogP contribution in [0.25, 0.3) is 0 Å². The number of amides is 1. The summed E-state index contributed by atoms with van der Waals surface area (Å²) in [5.41, 5.74) is 1.90. The molecule has 2 atom stereocenters. The van der Waals surface area contributed by atoms with Gasteiger partial charge in [-0.05, 0) is 36.5 Å². The van der Waals surface area contributed by atoms with Gasteiger partial charge in [0.2, 0.25) is 11.9 Å². The first-order chi connectivity index (χ1) is 14.9. The minimum Gasteiger partial charge on any atom is -0.364 e. The molecule has 31 heavy (non-hydrogen) atoms. The van der Waals surface area contributed by atoms with E-state index in [0.717, 1.165) is 24.2 Å². The third kappa shape index (κ3) is 4.45. The summed E-state index contributed by atoms with van der Waals surface area (Å²) in [5.74, 6) is 0.874. The number of hydrogen-bond donors (Lipinski definition) is 1. The molecule has 9 heteroatoms. The van der Waals surface area contributed by atoms with Gasteiger partial charge in [0.25, 0.3) is 5.69 Å². The number of hydrogen-bond acceptors (Lipinski definition) is 7. The number of piperazine rings is 1. The molecule has 2 unspecified atom stereocenters. The fraction of sp³-hybridized carbons (Fsp3) is 0.500. The van der Waals surface area contributed by atoms with Crippen LogP contribution in [0.5, 0.6) is 0 Å². The Balaban J connectivity index is 1.62. The lowest BCUT2D eigenvalue weighted by molar-refractivity contribution is -0.384. The van der Waals surface area contributed by atoms with Crippen molar-refractivity contribution in [2.24, 2.45) is 11.8 Å². The van der Waals surface area contributed by atoms with Gasteiger partial charge in [-0.25, -0.2) is 9.97 Å². The quantitative estimate of drug-likeness (QED) is 0.561. The Morgan fingerprint density at radius 3 is 2.77 bits per heavy atom. The summed E-state index contributed by atoms with van der Waals surface area (Å²) in [7, 11) is 0. The third-order valence-electron chi connectivity index (χ3n) is 6.10. The number of aromatic nitrogens is 2. The molecule has 0 saturated carbocycles. The monoisotopic (exact) mass is 424 g/mol. The molecule has 1 fully saturated rings. The number of carbonyl (C=O) groups excluding carboxylic acids is 1. The van der Waals surface area contributed by atoms with Crippen LogP contribution < -0.4 is 15.1 Å². The van der Waals surface area contributed by atoms with Crippen LogP contribution in [0.2, 0.25) is 0 Å². The van der Waals surface area contributed by atoms with Crippen molar-refractivity contribution in [1.29, 1.82) is 0 Å². The highest BCUT2D eigenvalue weighted by atomic mass is 16.6. The number of rotatable bonds is 6. The van der Waals surface area contributed by atoms with Crippen molar-refractivity contribution in [3.63, 3.8) is 0 Å². The molecule has 2 aromatic rings. The standard InChI is InChI=1S/C22H28N6O3/c1-15(2)6-9-23-21(29)18-13-16-12-17(28(30)31)4-5-19(16)27-11-10-26(14-20(18)27)22-24-7-3-8-25-22/h3-5,7-8,12,15,18,20H,6,9-11,13-14H2,1-2H3,(H,23,29). The molecular formula is C22H28N6O3. The van der Waals surface area contributed by atoms with Gasteiger partial charge in [-0.15, -0.1) is 0 Å². The van der Waals surface area contributed by atoms with Crippen molar-refractivity contribution < 1.29 is 9.72 Å². The summed E-state index contributed by atoms with van der Waals surface area (Å²) < 4.78 is 0. The molecule has 1 aromatic heterocycles. The zero-order valence-corrected chi connectivity index (χ0v) is 17.9. The van der Waals surface area contributed by atoms with Crippen LogP contribution >= 0.6 is 0 Å². The molecule has 3 heterocycles. The zero-order valence-electron chi connectivity index (χ0n) is 17.9. The van der Waals surface area contributed by atoms with E-state index in [1.54, 1.807) is 30.6 Å². The number of benzene rings is 1. The Labute approximate surface area is 181 Å². The van der Waals surface area contributed by atoms with Crippen LogP contribution in [-0.4, -0.2) is 53.0 Å². The van der Waals surface area contributed by atoms with E-state index in [1.165, 1.54) is 0 Å². The predicted octanol–water partition coefficient (Wildman–Crippen LogP) is 2.41. The van der Waals surface area contributed by atoms with Crippen molar-refractivity contribution >= 4 is 23.2 Å². The molecular weight excluding hydrogens is 396 g/mol. The molecule has 1 amide bonds. The number of nitrogens with one attached hydrogen (secondary N) is 1. The van der Waals surface area contributed by atoms with Crippen LogP contribution in [0, 0.1) is 22.0 Å². The minimum absolute atomic E-state index is 0.00337. The van der Waals surface area contributed by atoms with Crippen molar-refractivity contribution in [2.75, 3.05) is 36.0 Å². The second kappa shape index (κ2) is 8.87. The summed E-state index contributed by atoms with van der Waals surface area (Å²) in [5, 5.41) is 14.4. The van der Waals surface area contributed by atoms with E-state index in [1.807, 2.05) is 6.07 Å². The molecule has 9 nitrogen and oxygen atoms in total. The normalized spacial score (nSPS) is 20.2. The summed E-state index contributed by atoms with van der Waals surface area (Å²) in [6, 6.07) is 6.72. The van der Waals surface area contributed by atoms with Crippen LogP contribution in [0.15, 0.2) is 36.7 Å². The fourth-order valence-corrected chi connectivity index (χ4v) is 4.47. The van der Waals surface area contributed by atoms with Gasteiger partial charge in [-0.3, -0.25) is 14.9 Å². The van der Waals surface area contributed by atoms with Gasteiger partial charge in [-0.1, -0.05) is 13.8 Å². The largest absolute Gasteiger partial charge is 0.364 e. The van der Waals surface area contributed by atoms with E-state index in [2.05, 4.69) is 38.9 Å². The Morgan fingerprint density at radius 2 is 2.06 bits per heavy atom. The van der Waals surface area contributed by atoms with Crippen LogP contribution in [0.1, 0.15) is 25.8 Å². The van der Waals surface area contributed by atoms with Crippen LogP contribution in [-0.2, 0) is 11.2 Å². The van der Waals surface area contributed by atoms with Crippen LogP contribution in [0.3, 0.4) is 0 Å². The van der Waals surface area contributed by atoms with E-state index in [4.69, 9.17) is 0 Å². The van der Waals surface area contributed by atoms with E-state index in [-0.39, 0.29) is 28.5 Å². The van der Waals surface area contributed by atoms with Crippen molar-refractivity contribution in [2.45, 2.75) is 32.7 Å².